The summed E-state index contributed by atoms with van der Waals surface area (Å²) in [6.07, 6.45) is 1.11. The van der Waals surface area contributed by atoms with Crippen molar-refractivity contribution in [2.45, 2.75) is 6.42 Å². The molecule has 0 saturated carbocycles. The van der Waals surface area contributed by atoms with Crippen LogP contribution in [0, 0.1) is 0 Å². The van der Waals surface area contributed by atoms with Crippen molar-refractivity contribution in [1.82, 2.24) is 9.80 Å². The van der Waals surface area contributed by atoms with E-state index in [1.165, 1.54) is 4.88 Å². The largest absolute Gasteiger partial charge is 0.324 e. The van der Waals surface area contributed by atoms with E-state index in [1.807, 2.05) is 23.5 Å². The molecule has 0 atom stereocenters. The van der Waals surface area contributed by atoms with Crippen LogP contribution in [0.5, 0.6) is 0 Å². The van der Waals surface area contributed by atoms with Gasteiger partial charge in [-0.15, -0.1) is 11.3 Å². The van der Waals surface area contributed by atoms with Gasteiger partial charge in [-0.3, -0.25) is 9.69 Å². The number of amides is 1. The van der Waals surface area contributed by atoms with Crippen LogP contribution < -0.4 is 5.32 Å². The summed E-state index contributed by atoms with van der Waals surface area (Å²) in [5, 5.41) is 5.57. The molecule has 2 heterocycles. The van der Waals surface area contributed by atoms with Gasteiger partial charge in [0.1, 0.15) is 0 Å². The Kier molecular flexibility index (Phi) is 6.90. The van der Waals surface area contributed by atoms with Crippen LogP contribution >= 0.6 is 38.9 Å². The van der Waals surface area contributed by atoms with Crippen molar-refractivity contribution in [2.75, 3.05) is 44.6 Å². The number of piperazine rings is 1. The van der Waals surface area contributed by atoms with Crippen molar-refractivity contribution in [3.8, 4) is 0 Å². The number of carbonyl (C=O) groups excluding carboxylic acids is 1. The maximum atomic E-state index is 12.2. The Hall–Kier alpha value is -0.920. The van der Waals surface area contributed by atoms with E-state index in [4.69, 9.17) is 11.6 Å². The average molecular weight is 443 g/mol. The van der Waals surface area contributed by atoms with Gasteiger partial charge in [0.15, 0.2) is 0 Å². The molecule has 1 aromatic heterocycles. The van der Waals surface area contributed by atoms with Crippen LogP contribution in [0.1, 0.15) is 4.88 Å². The fourth-order valence-electron chi connectivity index (χ4n) is 2.88. The van der Waals surface area contributed by atoms with Gasteiger partial charge < -0.3 is 10.2 Å². The molecule has 0 bridgehead atoms. The van der Waals surface area contributed by atoms with E-state index in [9.17, 15) is 4.79 Å². The lowest BCUT2D eigenvalue weighted by Crippen LogP contribution is -2.49. The molecule has 0 radical (unpaired) electrons. The van der Waals surface area contributed by atoms with E-state index in [2.05, 4.69) is 48.6 Å². The van der Waals surface area contributed by atoms with Crippen LogP contribution in [0.25, 0.3) is 0 Å². The van der Waals surface area contributed by atoms with Crippen LogP contribution in [0.15, 0.2) is 40.2 Å². The zero-order valence-corrected chi connectivity index (χ0v) is 17.0. The number of hydrogen-bond acceptors (Lipinski definition) is 4. The molecule has 0 aliphatic carbocycles. The third-order valence-corrected chi connectivity index (χ3v) is 6.03. The molecule has 2 aromatic rings. The number of hydrogen-bond donors (Lipinski definition) is 1. The molecule has 1 amide bonds. The smallest absolute Gasteiger partial charge is 0.238 e. The molecule has 1 saturated heterocycles. The van der Waals surface area contributed by atoms with E-state index in [1.54, 1.807) is 6.07 Å². The van der Waals surface area contributed by atoms with Gasteiger partial charge in [0.25, 0.3) is 0 Å². The molecule has 3 rings (SSSR count). The van der Waals surface area contributed by atoms with Crippen molar-refractivity contribution in [3.05, 3.63) is 50.1 Å². The van der Waals surface area contributed by atoms with Crippen LogP contribution in [0.4, 0.5) is 5.69 Å². The lowest BCUT2D eigenvalue weighted by Gasteiger charge is -2.34. The summed E-state index contributed by atoms with van der Waals surface area (Å²) in [5.41, 5.74) is 0.657. The number of halogens is 2. The fraction of sp³-hybridized carbons (Fsp3) is 0.389. The molecule has 7 heteroatoms. The molecule has 0 unspecified atom stereocenters. The third kappa shape index (κ3) is 5.79. The maximum absolute atomic E-state index is 12.2. The summed E-state index contributed by atoms with van der Waals surface area (Å²) >= 11 is 11.3. The summed E-state index contributed by atoms with van der Waals surface area (Å²) < 4.78 is 0.897. The van der Waals surface area contributed by atoms with Gasteiger partial charge in [0.2, 0.25) is 5.91 Å². The molecule has 4 nitrogen and oxygen atoms in total. The van der Waals surface area contributed by atoms with Crippen molar-refractivity contribution >= 4 is 50.5 Å². The minimum absolute atomic E-state index is 0.0174. The number of nitrogens with zero attached hydrogens (tertiary/aromatic N) is 2. The van der Waals surface area contributed by atoms with Gasteiger partial charge >= 0.3 is 0 Å². The number of rotatable bonds is 6. The molecule has 1 aromatic carbocycles. The fourth-order valence-corrected chi connectivity index (χ4v) is 4.30. The lowest BCUT2D eigenvalue weighted by molar-refractivity contribution is -0.117. The highest BCUT2D eigenvalue weighted by molar-refractivity contribution is 9.10. The average Bonchev–Trinajstić information content (AvgIpc) is 3.10. The van der Waals surface area contributed by atoms with Crippen molar-refractivity contribution in [2.24, 2.45) is 0 Å². The summed E-state index contributed by atoms with van der Waals surface area (Å²) in [6, 6.07) is 9.76. The van der Waals surface area contributed by atoms with E-state index in [0.717, 1.165) is 43.6 Å². The predicted octanol–water partition coefficient (Wildman–Crippen LogP) is 3.96. The minimum atomic E-state index is -0.0174. The first-order chi connectivity index (χ1) is 12.1. The lowest BCUT2D eigenvalue weighted by atomic mass is 10.2. The number of carbonyl (C=O) groups is 1. The summed E-state index contributed by atoms with van der Waals surface area (Å²) in [4.78, 5) is 18.4. The molecule has 1 aliphatic rings. The van der Waals surface area contributed by atoms with Crippen LogP contribution in [0.3, 0.4) is 0 Å². The highest BCUT2D eigenvalue weighted by Gasteiger charge is 2.19. The molecule has 1 fully saturated rings. The maximum Gasteiger partial charge on any atom is 0.238 e. The quantitative estimate of drug-likeness (QED) is 0.735. The Morgan fingerprint density at radius 2 is 1.96 bits per heavy atom. The van der Waals surface area contributed by atoms with E-state index < -0.39 is 0 Å². The monoisotopic (exact) mass is 441 g/mol. The van der Waals surface area contributed by atoms with Gasteiger partial charge in [0, 0.05) is 42.1 Å². The van der Waals surface area contributed by atoms with E-state index >= 15 is 0 Å². The van der Waals surface area contributed by atoms with Crippen molar-refractivity contribution < 1.29 is 4.79 Å². The van der Waals surface area contributed by atoms with Crippen LogP contribution in [-0.4, -0.2) is 55.0 Å². The molecule has 134 valence electrons. The highest BCUT2D eigenvalue weighted by Crippen LogP contribution is 2.25. The Bertz CT molecular complexity index is 702. The molecular formula is C18H21BrClN3OS. The number of thiophene rings is 1. The first-order valence-corrected chi connectivity index (χ1v) is 10.4. The van der Waals surface area contributed by atoms with Crippen molar-refractivity contribution in [1.29, 1.82) is 0 Å². The molecule has 1 aliphatic heterocycles. The SMILES string of the molecule is O=C(CN1CCN(CCc2cccs2)CC1)Nc1ccc(Br)cc1Cl. The minimum Gasteiger partial charge on any atom is -0.324 e. The Labute approximate surface area is 165 Å². The number of anilines is 1. The van der Waals surface area contributed by atoms with Gasteiger partial charge in [0.05, 0.1) is 17.3 Å². The van der Waals surface area contributed by atoms with Crippen molar-refractivity contribution in [3.63, 3.8) is 0 Å². The topological polar surface area (TPSA) is 35.6 Å². The molecular weight excluding hydrogens is 422 g/mol. The normalized spacial score (nSPS) is 16.1. The van der Waals surface area contributed by atoms with Crippen LogP contribution in [0.2, 0.25) is 5.02 Å². The summed E-state index contributed by atoms with van der Waals surface area (Å²) in [5.74, 6) is -0.0174. The second-order valence-corrected chi connectivity index (χ2v) is 8.47. The number of benzene rings is 1. The van der Waals surface area contributed by atoms with Gasteiger partial charge in [-0.2, -0.15) is 0 Å². The summed E-state index contributed by atoms with van der Waals surface area (Å²) in [7, 11) is 0. The van der Waals surface area contributed by atoms with Gasteiger partial charge in [-0.05, 0) is 36.1 Å². The first-order valence-electron chi connectivity index (χ1n) is 8.32. The third-order valence-electron chi connectivity index (χ3n) is 4.29. The predicted molar refractivity (Wildman–Crippen MR) is 109 cm³/mol. The Balaban J connectivity index is 1.40. The molecule has 1 N–H and O–H groups in total. The number of nitrogens with one attached hydrogen (secondary N) is 1. The second kappa shape index (κ2) is 9.14. The van der Waals surface area contributed by atoms with E-state index in [-0.39, 0.29) is 5.91 Å². The molecule has 25 heavy (non-hydrogen) atoms. The van der Waals surface area contributed by atoms with E-state index in [0.29, 0.717) is 17.3 Å². The highest BCUT2D eigenvalue weighted by atomic mass is 79.9. The second-order valence-electron chi connectivity index (χ2n) is 6.12. The summed E-state index contributed by atoms with van der Waals surface area (Å²) in [6.45, 7) is 5.37. The van der Waals surface area contributed by atoms with Gasteiger partial charge in [-0.25, -0.2) is 0 Å². The Morgan fingerprint density at radius 3 is 2.64 bits per heavy atom. The zero-order chi connectivity index (χ0) is 17.6. The first kappa shape index (κ1) is 18.9. The molecule has 0 spiro atoms. The zero-order valence-electron chi connectivity index (χ0n) is 13.9. The van der Waals surface area contributed by atoms with Gasteiger partial charge in [-0.1, -0.05) is 33.6 Å². The standard InChI is InChI=1S/C18H21BrClN3OS/c19-14-3-4-17(16(20)12-14)21-18(24)13-23-9-7-22(8-10-23)6-5-15-2-1-11-25-15/h1-4,11-12H,5-10,13H2,(H,21,24). The van der Waals surface area contributed by atoms with Crippen LogP contribution in [-0.2, 0) is 11.2 Å². The Morgan fingerprint density at radius 1 is 1.20 bits per heavy atom.